The zero-order valence-electron chi connectivity index (χ0n) is 10.2. The Morgan fingerprint density at radius 1 is 1.56 bits per heavy atom. The van der Waals surface area contributed by atoms with Gasteiger partial charge in [-0.25, -0.2) is 0 Å². The van der Waals surface area contributed by atoms with Crippen LogP contribution in [0.4, 0.5) is 0 Å². The van der Waals surface area contributed by atoms with Crippen molar-refractivity contribution in [3.8, 4) is 0 Å². The molecular weight excluding hydrogens is 206 g/mol. The Bertz CT molecular complexity index is 231. The first-order valence-corrected chi connectivity index (χ1v) is 5.98. The van der Waals surface area contributed by atoms with Crippen LogP contribution in [0.3, 0.4) is 0 Å². The van der Waals surface area contributed by atoms with Gasteiger partial charge in [0.05, 0.1) is 18.8 Å². The number of amidine groups is 1. The Labute approximate surface area is 97.2 Å². The molecule has 1 unspecified atom stereocenters. The van der Waals surface area contributed by atoms with Crippen LogP contribution in [0, 0.1) is 0 Å². The van der Waals surface area contributed by atoms with Crippen molar-refractivity contribution in [3.05, 3.63) is 0 Å². The molecule has 0 spiro atoms. The van der Waals surface area contributed by atoms with E-state index < -0.39 is 0 Å². The monoisotopic (exact) mass is 229 g/mol. The SMILES string of the molecule is CC(C)OCCN1CCCCC1C(N)=NO. The number of likely N-dealkylation sites (tertiary alicyclic amines) is 1. The zero-order valence-corrected chi connectivity index (χ0v) is 10.2. The van der Waals surface area contributed by atoms with E-state index in [4.69, 9.17) is 15.7 Å². The van der Waals surface area contributed by atoms with Crippen molar-refractivity contribution in [1.82, 2.24) is 4.90 Å². The van der Waals surface area contributed by atoms with E-state index in [0.29, 0.717) is 12.4 Å². The third-order valence-corrected chi connectivity index (χ3v) is 2.90. The molecule has 5 nitrogen and oxygen atoms in total. The Morgan fingerprint density at radius 3 is 2.94 bits per heavy atom. The Hall–Kier alpha value is -0.810. The van der Waals surface area contributed by atoms with E-state index >= 15 is 0 Å². The molecule has 1 aliphatic heterocycles. The van der Waals surface area contributed by atoms with Crippen molar-refractivity contribution in [1.29, 1.82) is 0 Å². The third-order valence-electron chi connectivity index (χ3n) is 2.90. The van der Waals surface area contributed by atoms with Gasteiger partial charge in [-0.2, -0.15) is 0 Å². The summed E-state index contributed by atoms with van der Waals surface area (Å²) in [6.07, 6.45) is 3.55. The fraction of sp³-hybridized carbons (Fsp3) is 0.909. The molecule has 0 aromatic heterocycles. The van der Waals surface area contributed by atoms with Crippen molar-refractivity contribution in [2.45, 2.75) is 45.3 Å². The molecule has 1 fully saturated rings. The van der Waals surface area contributed by atoms with Crippen molar-refractivity contribution in [2.24, 2.45) is 10.9 Å². The number of nitrogens with zero attached hydrogens (tertiary/aromatic N) is 2. The van der Waals surface area contributed by atoms with Crippen molar-refractivity contribution >= 4 is 5.84 Å². The molecule has 1 atom stereocenters. The van der Waals surface area contributed by atoms with Crippen molar-refractivity contribution in [3.63, 3.8) is 0 Å². The average Bonchev–Trinajstić information content (AvgIpc) is 2.28. The summed E-state index contributed by atoms with van der Waals surface area (Å²) >= 11 is 0. The topological polar surface area (TPSA) is 71.1 Å². The van der Waals surface area contributed by atoms with Crippen LogP contribution in [0.2, 0.25) is 0 Å². The van der Waals surface area contributed by atoms with Gasteiger partial charge in [-0.05, 0) is 33.2 Å². The highest BCUT2D eigenvalue weighted by Crippen LogP contribution is 2.16. The number of oxime groups is 1. The first-order chi connectivity index (χ1) is 7.65. The molecule has 0 aromatic rings. The minimum Gasteiger partial charge on any atom is -0.409 e. The molecule has 0 saturated carbocycles. The standard InChI is InChI=1S/C11H23N3O2/c1-9(2)16-8-7-14-6-4-3-5-10(14)11(12)13-15/h9-10,15H,3-8H2,1-2H3,(H2,12,13). The lowest BCUT2D eigenvalue weighted by Gasteiger charge is -2.34. The number of rotatable bonds is 5. The minimum absolute atomic E-state index is 0.0783. The number of hydrogen-bond donors (Lipinski definition) is 2. The molecule has 5 heteroatoms. The van der Waals surface area contributed by atoms with Gasteiger partial charge in [0.15, 0.2) is 5.84 Å². The van der Waals surface area contributed by atoms with Gasteiger partial charge in [0, 0.05) is 6.54 Å². The summed E-state index contributed by atoms with van der Waals surface area (Å²) < 4.78 is 5.52. The van der Waals surface area contributed by atoms with Gasteiger partial charge < -0.3 is 15.7 Å². The molecule has 94 valence electrons. The van der Waals surface area contributed by atoms with Gasteiger partial charge in [0.25, 0.3) is 0 Å². The molecule has 16 heavy (non-hydrogen) atoms. The summed E-state index contributed by atoms with van der Waals surface area (Å²) in [5.41, 5.74) is 5.69. The maximum atomic E-state index is 8.72. The van der Waals surface area contributed by atoms with Crippen molar-refractivity contribution in [2.75, 3.05) is 19.7 Å². The van der Waals surface area contributed by atoms with E-state index in [1.54, 1.807) is 0 Å². The summed E-state index contributed by atoms with van der Waals surface area (Å²) in [5.74, 6) is 0.323. The second-order valence-corrected chi connectivity index (χ2v) is 4.49. The minimum atomic E-state index is 0.0783. The Kier molecular flexibility index (Phi) is 5.55. The number of piperidine rings is 1. The number of hydrogen-bond acceptors (Lipinski definition) is 4. The largest absolute Gasteiger partial charge is 0.409 e. The lowest BCUT2D eigenvalue weighted by Crippen LogP contribution is -2.49. The fourth-order valence-corrected chi connectivity index (χ4v) is 2.07. The number of nitrogens with two attached hydrogens (primary N) is 1. The van der Waals surface area contributed by atoms with Crippen LogP contribution in [0.5, 0.6) is 0 Å². The van der Waals surface area contributed by atoms with Crippen LogP contribution in [-0.4, -0.2) is 47.8 Å². The number of ether oxygens (including phenoxy) is 1. The lowest BCUT2D eigenvalue weighted by atomic mass is 10.0. The van der Waals surface area contributed by atoms with Gasteiger partial charge in [0.2, 0.25) is 0 Å². The first kappa shape index (κ1) is 13.3. The predicted molar refractivity (Wildman–Crippen MR) is 63.7 cm³/mol. The van der Waals surface area contributed by atoms with E-state index in [1.165, 1.54) is 6.42 Å². The van der Waals surface area contributed by atoms with Crippen LogP contribution in [0.25, 0.3) is 0 Å². The van der Waals surface area contributed by atoms with Crippen LogP contribution in [-0.2, 0) is 4.74 Å². The van der Waals surface area contributed by atoms with Crippen molar-refractivity contribution < 1.29 is 9.94 Å². The highest BCUT2D eigenvalue weighted by molar-refractivity contribution is 5.85. The van der Waals surface area contributed by atoms with Crippen LogP contribution in [0.1, 0.15) is 33.1 Å². The van der Waals surface area contributed by atoms with Gasteiger partial charge in [0.1, 0.15) is 0 Å². The summed E-state index contributed by atoms with van der Waals surface area (Å²) in [7, 11) is 0. The molecule has 1 heterocycles. The second kappa shape index (κ2) is 6.70. The quantitative estimate of drug-likeness (QED) is 0.319. The van der Waals surface area contributed by atoms with Gasteiger partial charge >= 0.3 is 0 Å². The summed E-state index contributed by atoms with van der Waals surface area (Å²) in [5, 5.41) is 11.8. The molecule has 1 aliphatic rings. The molecule has 1 rings (SSSR count). The van der Waals surface area contributed by atoms with Gasteiger partial charge in [-0.3, -0.25) is 4.90 Å². The van der Waals surface area contributed by atoms with E-state index in [2.05, 4.69) is 10.1 Å². The summed E-state index contributed by atoms with van der Waals surface area (Å²) in [6.45, 7) is 6.60. The molecule has 0 aromatic carbocycles. The van der Waals surface area contributed by atoms with Gasteiger partial charge in [-0.1, -0.05) is 11.6 Å². The summed E-state index contributed by atoms with van der Waals surface area (Å²) in [6, 6.07) is 0.0783. The maximum Gasteiger partial charge on any atom is 0.156 e. The van der Waals surface area contributed by atoms with Crippen LogP contribution < -0.4 is 5.73 Å². The molecule has 0 aliphatic carbocycles. The molecular formula is C11H23N3O2. The molecule has 0 radical (unpaired) electrons. The third kappa shape index (κ3) is 3.98. The molecule has 3 N–H and O–H groups in total. The molecule has 0 bridgehead atoms. The first-order valence-electron chi connectivity index (χ1n) is 5.98. The predicted octanol–water partition coefficient (Wildman–Crippen LogP) is 1.01. The molecule has 0 amide bonds. The fourth-order valence-electron chi connectivity index (χ4n) is 2.07. The van der Waals surface area contributed by atoms with E-state index in [1.807, 2.05) is 13.8 Å². The van der Waals surface area contributed by atoms with Crippen LogP contribution >= 0.6 is 0 Å². The zero-order chi connectivity index (χ0) is 12.0. The summed E-state index contributed by atoms with van der Waals surface area (Å²) in [4.78, 5) is 2.24. The van der Waals surface area contributed by atoms with E-state index in [9.17, 15) is 0 Å². The van der Waals surface area contributed by atoms with Crippen LogP contribution in [0.15, 0.2) is 5.16 Å². The van der Waals surface area contributed by atoms with E-state index in [-0.39, 0.29) is 12.1 Å². The van der Waals surface area contributed by atoms with E-state index in [0.717, 1.165) is 25.9 Å². The highest BCUT2D eigenvalue weighted by Gasteiger charge is 2.25. The molecule has 1 saturated heterocycles. The smallest absolute Gasteiger partial charge is 0.156 e. The van der Waals surface area contributed by atoms with Gasteiger partial charge in [-0.15, -0.1) is 0 Å². The lowest BCUT2D eigenvalue weighted by molar-refractivity contribution is 0.0487. The Morgan fingerprint density at radius 2 is 2.31 bits per heavy atom. The highest BCUT2D eigenvalue weighted by atomic mass is 16.5. The Balaban J connectivity index is 2.41. The normalized spacial score (nSPS) is 23.9. The second-order valence-electron chi connectivity index (χ2n) is 4.49. The average molecular weight is 229 g/mol. The maximum absolute atomic E-state index is 8.72.